The van der Waals surface area contributed by atoms with Gasteiger partial charge in [0.25, 0.3) is 5.91 Å². The first-order valence-corrected chi connectivity index (χ1v) is 17.1. The molecule has 234 valence electrons. The minimum Gasteiger partial charge on any atom is -0.496 e. The van der Waals surface area contributed by atoms with Crippen LogP contribution in [-0.2, 0) is 14.2 Å². The third kappa shape index (κ3) is 5.74. The van der Waals surface area contributed by atoms with Gasteiger partial charge in [0.2, 0.25) is 17.7 Å². The number of alkyl halides is 1. The molecule has 14 heteroatoms. The van der Waals surface area contributed by atoms with Crippen molar-refractivity contribution in [3.63, 3.8) is 0 Å². The molecule has 0 spiro atoms. The van der Waals surface area contributed by atoms with Crippen LogP contribution in [-0.4, -0.2) is 80.6 Å². The van der Waals surface area contributed by atoms with Crippen LogP contribution in [0.3, 0.4) is 0 Å². The molecule has 11 nitrogen and oxygen atoms in total. The number of amides is 3. The zero-order valence-corrected chi connectivity index (χ0v) is 26.0. The average Bonchev–Trinajstić information content (AvgIpc) is 3.56. The maximum absolute atomic E-state index is 14.2. The first-order chi connectivity index (χ1) is 20.9. The summed E-state index contributed by atoms with van der Waals surface area (Å²) in [5.74, 6) is -2.29. The highest BCUT2D eigenvalue weighted by molar-refractivity contribution is 7.51. The predicted octanol–water partition coefficient (Wildman–Crippen LogP) is 3.96. The number of halogens is 1. The molecule has 0 radical (unpaired) electrons. The van der Waals surface area contributed by atoms with Gasteiger partial charge in [0, 0.05) is 47.7 Å². The van der Waals surface area contributed by atoms with Crippen LogP contribution in [0.4, 0.5) is 4.39 Å². The number of methoxy groups -OCH3 is 1. The molecule has 5 atom stereocenters. The van der Waals surface area contributed by atoms with E-state index in [0.717, 1.165) is 35.5 Å². The average molecular weight is 645 g/mol. The van der Waals surface area contributed by atoms with Crippen LogP contribution in [0, 0.1) is 5.92 Å². The van der Waals surface area contributed by atoms with Gasteiger partial charge in [-0.2, -0.15) is 0 Å². The van der Waals surface area contributed by atoms with E-state index < -0.39 is 31.5 Å². The van der Waals surface area contributed by atoms with E-state index in [1.165, 1.54) is 24.3 Å². The van der Waals surface area contributed by atoms with Gasteiger partial charge in [-0.15, -0.1) is 11.3 Å². The molecule has 2 aromatic heterocycles. The van der Waals surface area contributed by atoms with E-state index >= 15 is 0 Å². The number of likely N-dealkylation sites (tertiary alicyclic amines) is 1. The summed E-state index contributed by atoms with van der Waals surface area (Å²) in [7, 11) is -3.37. The van der Waals surface area contributed by atoms with E-state index in [0.29, 0.717) is 36.0 Å². The molecule has 3 aliphatic rings. The Morgan fingerprint density at radius 3 is 2.68 bits per heavy atom. The van der Waals surface area contributed by atoms with Crippen molar-refractivity contribution < 1.29 is 37.9 Å². The van der Waals surface area contributed by atoms with Crippen LogP contribution < -0.4 is 10.1 Å². The lowest BCUT2D eigenvalue weighted by Gasteiger charge is -2.42. The molecular weight excluding hydrogens is 610 g/mol. The monoisotopic (exact) mass is 644 g/mol. The topological polar surface area (TPSA) is 149 Å². The molecule has 6 rings (SSSR count). The van der Waals surface area contributed by atoms with Crippen LogP contribution in [0.15, 0.2) is 42.7 Å². The zero-order valence-electron chi connectivity index (χ0n) is 24.3. The highest BCUT2D eigenvalue weighted by Crippen LogP contribution is 2.53. The number of aromatic nitrogens is 1. The number of ether oxygens (including phenoxy) is 1. The molecule has 0 aliphatic carbocycles. The second kappa shape index (κ2) is 11.8. The first kappa shape index (κ1) is 30.6. The summed E-state index contributed by atoms with van der Waals surface area (Å²) < 4.78 is 31.7. The molecule has 5 heterocycles. The molecular formula is C30H34FN4O7PS. The molecule has 1 aromatic carbocycles. The van der Waals surface area contributed by atoms with Crippen molar-refractivity contribution in [3.05, 3.63) is 58.7 Å². The normalized spacial score (nSPS) is 24.9. The second-order valence-corrected chi connectivity index (χ2v) is 14.7. The molecule has 3 fully saturated rings. The number of pyridine rings is 1. The largest absolute Gasteiger partial charge is 0.496 e. The van der Waals surface area contributed by atoms with Crippen molar-refractivity contribution in [2.45, 2.75) is 62.6 Å². The Bertz CT molecular complexity index is 1660. The molecule has 0 bridgehead atoms. The molecule has 3 amide bonds. The minimum atomic E-state index is -4.98. The van der Waals surface area contributed by atoms with Gasteiger partial charge in [-0.05, 0) is 66.8 Å². The SMILES string of the molecule is COc1ccncc1C1CN(C(=O)[C@@H]2CC[C@@H]3C[C@H](C)C[C@H](NC(=O)c4cc5cc([C@H](F)P(=O)(O)O)ccc5s4)C(=O)N32)C1. The number of nitrogens with one attached hydrogen (secondary N) is 1. The Kier molecular flexibility index (Phi) is 8.25. The number of hydrogen-bond acceptors (Lipinski definition) is 7. The van der Waals surface area contributed by atoms with E-state index in [-0.39, 0.29) is 40.1 Å². The Morgan fingerprint density at radius 2 is 1.95 bits per heavy atom. The number of nitrogens with zero attached hydrogens (tertiary/aromatic N) is 3. The van der Waals surface area contributed by atoms with E-state index in [2.05, 4.69) is 10.3 Å². The lowest BCUT2D eigenvalue weighted by molar-refractivity contribution is -0.148. The van der Waals surface area contributed by atoms with Crippen LogP contribution in [0.5, 0.6) is 5.75 Å². The lowest BCUT2D eigenvalue weighted by Crippen LogP contribution is -2.58. The zero-order chi connectivity index (χ0) is 31.3. The van der Waals surface area contributed by atoms with Crippen LogP contribution in [0.1, 0.15) is 65.2 Å². The Hall–Kier alpha value is -3.38. The van der Waals surface area contributed by atoms with Crippen molar-refractivity contribution in [3.8, 4) is 5.75 Å². The summed E-state index contributed by atoms with van der Waals surface area (Å²) >= 11 is 1.14. The van der Waals surface area contributed by atoms with Gasteiger partial charge in [-0.3, -0.25) is 23.9 Å². The molecule has 3 aliphatic heterocycles. The first-order valence-electron chi connectivity index (χ1n) is 14.6. The van der Waals surface area contributed by atoms with Gasteiger partial charge in [0.05, 0.1) is 12.0 Å². The fourth-order valence-corrected chi connectivity index (χ4v) is 8.25. The number of carbonyl (C=O) groups is 3. The Labute approximate surface area is 257 Å². The van der Waals surface area contributed by atoms with Crippen LogP contribution in [0.2, 0.25) is 0 Å². The number of fused-ring (bicyclic) bond motifs is 2. The molecule has 3 saturated heterocycles. The van der Waals surface area contributed by atoms with Gasteiger partial charge in [0.15, 0.2) is 0 Å². The molecule has 0 saturated carbocycles. The molecule has 44 heavy (non-hydrogen) atoms. The Morgan fingerprint density at radius 1 is 1.18 bits per heavy atom. The summed E-state index contributed by atoms with van der Waals surface area (Å²) in [5.41, 5.74) is 0.779. The van der Waals surface area contributed by atoms with E-state index in [1.807, 2.05) is 6.92 Å². The van der Waals surface area contributed by atoms with Gasteiger partial charge >= 0.3 is 7.60 Å². The van der Waals surface area contributed by atoms with E-state index in [1.54, 1.807) is 35.4 Å². The van der Waals surface area contributed by atoms with Crippen molar-refractivity contribution in [2.24, 2.45) is 5.92 Å². The van der Waals surface area contributed by atoms with Gasteiger partial charge in [0.1, 0.15) is 17.8 Å². The Balaban J connectivity index is 1.15. The maximum Gasteiger partial charge on any atom is 0.363 e. The number of thiophene rings is 1. The quantitative estimate of drug-likeness (QED) is 0.327. The fraction of sp³-hybridized carbons (Fsp3) is 0.467. The smallest absolute Gasteiger partial charge is 0.363 e. The van der Waals surface area contributed by atoms with Crippen molar-refractivity contribution in [1.82, 2.24) is 20.1 Å². The lowest BCUT2D eigenvalue weighted by atomic mass is 9.91. The molecule has 0 unspecified atom stereocenters. The predicted molar refractivity (Wildman–Crippen MR) is 161 cm³/mol. The van der Waals surface area contributed by atoms with Crippen molar-refractivity contribution in [1.29, 1.82) is 0 Å². The van der Waals surface area contributed by atoms with Gasteiger partial charge in [-0.1, -0.05) is 13.0 Å². The summed E-state index contributed by atoms with van der Waals surface area (Å²) in [6.45, 7) is 3.08. The highest BCUT2D eigenvalue weighted by atomic mass is 32.1. The fourth-order valence-electron chi connectivity index (χ4n) is 6.75. The van der Waals surface area contributed by atoms with Crippen molar-refractivity contribution >= 4 is 46.7 Å². The highest BCUT2D eigenvalue weighted by Gasteiger charge is 2.48. The summed E-state index contributed by atoms with van der Waals surface area (Å²) in [5, 5.41) is 3.35. The number of carbonyl (C=O) groups excluding carboxylic acids is 3. The van der Waals surface area contributed by atoms with Gasteiger partial charge < -0.3 is 29.6 Å². The summed E-state index contributed by atoms with van der Waals surface area (Å²) in [4.78, 5) is 67.3. The standard InChI is InChI=1S/C30H34FN4O7PS/c1-16-9-20-4-5-23(30(38)34-14-19(15-34)21-13-32-8-7-24(21)42-2)35(20)29(37)22(10-16)33-28(36)26-12-18-11-17(3-6-25(18)44-26)27(31)43(39,40)41/h3,6-8,11-13,16,19-20,22-23,27H,4-5,9-10,14-15H2,1-2H3,(H,33,36)(H2,39,40,41)/t16-,20+,22-,23-,27+/m0/s1. The summed E-state index contributed by atoms with van der Waals surface area (Å²) in [6, 6.07) is 5.98. The summed E-state index contributed by atoms with van der Waals surface area (Å²) in [6.07, 6.45) is 5.90. The minimum absolute atomic E-state index is 0.0748. The second-order valence-electron chi connectivity index (χ2n) is 12.0. The van der Waals surface area contributed by atoms with Gasteiger partial charge in [-0.25, -0.2) is 4.39 Å². The third-order valence-corrected chi connectivity index (χ3v) is 11.0. The number of benzene rings is 1. The molecule has 3 N–H and O–H groups in total. The molecule has 3 aromatic rings. The number of rotatable bonds is 7. The van der Waals surface area contributed by atoms with Crippen molar-refractivity contribution in [2.75, 3.05) is 20.2 Å². The van der Waals surface area contributed by atoms with Crippen LogP contribution >= 0.6 is 18.9 Å². The van der Waals surface area contributed by atoms with Crippen LogP contribution in [0.25, 0.3) is 10.1 Å². The van der Waals surface area contributed by atoms with E-state index in [9.17, 15) is 33.1 Å². The maximum atomic E-state index is 14.2. The third-order valence-electron chi connectivity index (χ3n) is 8.96. The van der Waals surface area contributed by atoms with E-state index in [4.69, 9.17) is 4.74 Å². The number of hydrogen-bond donors (Lipinski definition) is 3.